The van der Waals surface area contributed by atoms with Crippen molar-refractivity contribution in [1.29, 1.82) is 0 Å². The lowest BCUT2D eigenvalue weighted by Gasteiger charge is -2.10. The molecule has 2 rings (SSSR count). The van der Waals surface area contributed by atoms with E-state index in [1.165, 1.54) is 5.56 Å². The van der Waals surface area contributed by atoms with Gasteiger partial charge in [-0.05, 0) is 30.7 Å². The number of aromatic nitrogens is 2. The van der Waals surface area contributed by atoms with Crippen molar-refractivity contribution in [3.8, 4) is 11.3 Å². The average molecular weight is 262 g/mol. The lowest BCUT2D eigenvalue weighted by Crippen LogP contribution is -2.14. The van der Waals surface area contributed by atoms with Gasteiger partial charge in [0, 0.05) is 29.5 Å². The van der Waals surface area contributed by atoms with Crippen LogP contribution in [0, 0.1) is 0 Å². The van der Waals surface area contributed by atoms with Gasteiger partial charge in [0.05, 0.1) is 11.9 Å². The first-order valence-corrected chi connectivity index (χ1v) is 6.44. The quantitative estimate of drug-likeness (QED) is 0.840. The average Bonchev–Trinajstić information content (AvgIpc) is 2.41. The second-order valence-electron chi connectivity index (χ2n) is 4.07. The molecule has 94 valence electrons. The summed E-state index contributed by atoms with van der Waals surface area (Å²) in [5.74, 6) is 0. The minimum Gasteiger partial charge on any atom is -0.313 e. The Kier molecular flexibility index (Phi) is 4.67. The summed E-state index contributed by atoms with van der Waals surface area (Å²) >= 11 is 6.06. The number of rotatable bonds is 5. The molecule has 1 aromatic carbocycles. The van der Waals surface area contributed by atoms with Crippen LogP contribution in [0.1, 0.15) is 18.9 Å². The maximum absolute atomic E-state index is 6.06. The van der Waals surface area contributed by atoms with E-state index in [0.29, 0.717) is 0 Å². The second-order valence-corrected chi connectivity index (χ2v) is 4.51. The van der Waals surface area contributed by atoms with Crippen LogP contribution in [0.15, 0.2) is 36.8 Å². The molecule has 0 bridgehead atoms. The molecule has 3 nitrogen and oxygen atoms in total. The number of nitrogens with one attached hydrogen (secondary N) is 1. The summed E-state index contributed by atoms with van der Waals surface area (Å²) in [6.07, 6.45) is 6.24. The Hall–Kier alpha value is -1.45. The van der Waals surface area contributed by atoms with Crippen molar-refractivity contribution in [2.45, 2.75) is 19.9 Å². The normalized spacial score (nSPS) is 10.6. The summed E-state index contributed by atoms with van der Waals surface area (Å²) < 4.78 is 0. The molecule has 0 fully saturated rings. The van der Waals surface area contributed by atoms with E-state index in [1.807, 2.05) is 18.2 Å². The lowest BCUT2D eigenvalue weighted by atomic mass is 10.0. The number of halogens is 1. The number of benzene rings is 1. The third-order valence-corrected chi connectivity index (χ3v) is 2.89. The van der Waals surface area contributed by atoms with E-state index < -0.39 is 0 Å². The summed E-state index contributed by atoms with van der Waals surface area (Å²) in [6, 6.07) is 5.88. The Labute approximate surface area is 112 Å². The van der Waals surface area contributed by atoms with Crippen LogP contribution in [0.2, 0.25) is 5.02 Å². The van der Waals surface area contributed by atoms with Crippen molar-refractivity contribution < 1.29 is 0 Å². The van der Waals surface area contributed by atoms with E-state index in [9.17, 15) is 0 Å². The summed E-state index contributed by atoms with van der Waals surface area (Å²) in [6.45, 7) is 3.97. The SMILES string of the molecule is CCCNCc1ccc(Cl)cc1-c1cnccn1. The highest BCUT2D eigenvalue weighted by Crippen LogP contribution is 2.24. The molecule has 1 N–H and O–H groups in total. The molecule has 1 heterocycles. The Bertz CT molecular complexity index is 500. The van der Waals surface area contributed by atoms with Gasteiger partial charge in [0.15, 0.2) is 0 Å². The Balaban J connectivity index is 2.29. The standard InChI is InChI=1S/C14H16ClN3/c1-2-5-16-9-11-3-4-12(15)8-13(11)14-10-17-6-7-18-14/h3-4,6-8,10,16H,2,5,9H2,1H3. The molecule has 4 heteroatoms. The third kappa shape index (κ3) is 3.28. The molecule has 0 spiro atoms. The van der Waals surface area contributed by atoms with Gasteiger partial charge >= 0.3 is 0 Å². The molecular weight excluding hydrogens is 246 g/mol. The summed E-state index contributed by atoms with van der Waals surface area (Å²) in [4.78, 5) is 8.43. The second kappa shape index (κ2) is 6.47. The molecular formula is C14H16ClN3. The van der Waals surface area contributed by atoms with Gasteiger partial charge in [-0.25, -0.2) is 0 Å². The van der Waals surface area contributed by atoms with Crippen LogP contribution in [0.25, 0.3) is 11.3 Å². The van der Waals surface area contributed by atoms with Crippen molar-refractivity contribution in [3.63, 3.8) is 0 Å². The monoisotopic (exact) mass is 261 g/mol. The van der Waals surface area contributed by atoms with Gasteiger partial charge in [-0.2, -0.15) is 0 Å². The van der Waals surface area contributed by atoms with Gasteiger partial charge in [-0.1, -0.05) is 24.6 Å². The van der Waals surface area contributed by atoms with Crippen LogP contribution >= 0.6 is 11.6 Å². The third-order valence-electron chi connectivity index (χ3n) is 2.65. The fraction of sp³-hybridized carbons (Fsp3) is 0.286. The van der Waals surface area contributed by atoms with Crippen molar-refractivity contribution in [2.24, 2.45) is 0 Å². The number of nitrogens with zero attached hydrogens (tertiary/aromatic N) is 2. The van der Waals surface area contributed by atoms with E-state index >= 15 is 0 Å². The van der Waals surface area contributed by atoms with Crippen LogP contribution < -0.4 is 5.32 Å². The first kappa shape index (κ1) is 13.0. The van der Waals surface area contributed by atoms with Gasteiger partial charge < -0.3 is 5.32 Å². The van der Waals surface area contributed by atoms with Crippen LogP contribution in [-0.4, -0.2) is 16.5 Å². The zero-order valence-electron chi connectivity index (χ0n) is 10.4. The highest BCUT2D eigenvalue weighted by Gasteiger charge is 2.07. The minimum absolute atomic E-state index is 0.717. The molecule has 0 unspecified atom stereocenters. The minimum atomic E-state index is 0.717. The Morgan fingerprint density at radius 1 is 1.28 bits per heavy atom. The summed E-state index contributed by atoms with van der Waals surface area (Å²) in [7, 11) is 0. The predicted octanol–water partition coefficient (Wildman–Crippen LogP) is 3.30. The van der Waals surface area contributed by atoms with E-state index in [4.69, 9.17) is 11.6 Å². The van der Waals surface area contributed by atoms with Gasteiger partial charge in [-0.3, -0.25) is 9.97 Å². The molecule has 0 saturated heterocycles. The van der Waals surface area contributed by atoms with Gasteiger partial charge in [0.25, 0.3) is 0 Å². The maximum atomic E-state index is 6.06. The van der Waals surface area contributed by atoms with E-state index in [2.05, 4.69) is 22.2 Å². The van der Waals surface area contributed by atoms with Gasteiger partial charge in [-0.15, -0.1) is 0 Å². The zero-order valence-corrected chi connectivity index (χ0v) is 11.1. The summed E-state index contributed by atoms with van der Waals surface area (Å²) in [5.41, 5.74) is 3.08. The van der Waals surface area contributed by atoms with Crippen molar-refractivity contribution in [3.05, 3.63) is 47.4 Å². The molecule has 2 aromatic rings. The smallest absolute Gasteiger partial charge is 0.0888 e. The van der Waals surface area contributed by atoms with Crippen molar-refractivity contribution in [1.82, 2.24) is 15.3 Å². The highest BCUT2D eigenvalue weighted by molar-refractivity contribution is 6.30. The molecule has 0 aliphatic carbocycles. The van der Waals surface area contributed by atoms with Crippen LogP contribution in [-0.2, 0) is 6.54 Å². The molecule has 0 amide bonds. The van der Waals surface area contributed by atoms with Crippen molar-refractivity contribution in [2.75, 3.05) is 6.54 Å². The first-order chi connectivity index (χ1) is 8.81. The lowest BCUT2D eigenvalue weighted by molar-refractivity contribution is 0.676. The topological polar surface area (TPSA) is 37.8 Å². The number of hydrogen-bond donors (Lipinski definition) is 1. The first-order valence-electron chi connectivity index (χ1n) is 6.06. The molecule has 0 atom stereocenters. The molecule has 0 aliphatic heterocycles. The van der Waals surface area contributed by atoms with E-state index in [-0.39, 0.29) is 0 Å². The fourth-order valence-electron chi connectivity index (χ4n) is 1.78. The van der Waals surface area contributed by atoms with Crippen LogP contribution in [0.4, 0.5) is 0 Å². The van der Waals surface area contributed by atoms with Crippen LogP contribution in [0.3, 0.4) is 0 Å². The zero-order chi connectivity index (χ0) is 12.8. The van der Waals surface area contributed by atoms with Gasteiger partial charge in [0.1, 0.15) is 0 Å². The van der Waals surface area contributed by atoms with Crippen molar-refractivity contribution >= 4 is 11.6 Å². The predicted molar refractivity (Wildman–Crippen MR) is 74.5 cm³/mol. The van der Waals surface area contributed by atoms with Crippen LogP contribution in [0.5, 0.6) is 0 Å². The fourth-order valence-corrected chi connectivity index (χ4v) is 1.95. The Morgan fingerprint density at radius 2 is 2.17 bits per heavy atom. The van der Waals surface area contributed by atoms with Gasteiger partial charge in [0.2, 0.25) is 0 Å². The van der Waals surface area contributed by atoms with E-state index in [0.717, 1.165) is 35.8 Å². The maximum Gasteiger partial charge on any atom is 0.0888 e. The Morgan fingerprint density at radius 3 is 2.89 bits per heavy atom. The molecule has 0 aliphatic rings. The largest absolute Gasteiger partial charge is 0.313 e. The number of hydrogen-bond acceptors (Lipinski definition) is 3. The van der Waals surface area contributed by atoms with E-state index in [1.54, 1.807) is 18.6 Å². The molecule has 1 aromatic heterocycles. The highest BCUT2D eigenvalue weighted by atomic mass is 35.5. The molecule has 0 radical (unpaired) electrons. The molecule has 0 saturated carbocycles. The molecule has 18 heavy (non-hydrogen) atoms. The summed E-state index contributed by atoms with van der Waals surface area (Å²) in [5, 5.41) is 4.11.